The van der Waals surface area contributed by atoms with E-state index in [1.54, 1.807) is 24.4 Å². The molecule has 0 atom stereocenters. The van der Waals surface area contributed by atoms with Crippen molar-refractivity contribution < 1.29 is 4.79 Å². The number of halogens is 1. The number of aromatic nitrogens is 1. The summed E-state index contributed by atoms with van der Waals surface area (Å²) in [4.78, 5) is 16.5. The standard InChI is InChI=1S/C16H18ClN3O/c1-2-8-18-15-14(7-4-9-19-15)16(21)20-11-12-5-3-6-13(17)10-12/h3-7,9-10H,2,8,11H2,1H3,(H,18,19)(H,20,21). The van der Waals surface area contributed by atoms with Gasteiger partial charge in [-0.1, -0.05) is 30.7 Å². The van der Waals surface area contributed by atoms with Crippen molar-refractivity contribution in [3.05, 3.63) is 58.7 Å². The molecule has 0 saturated heterocycles. The summed E-state index contributed by atoms with van der Waals surface area (Å²) in [5.74, 6) is 0.463. The fourth-order valence-electron chi connectivity index (χ4n) is 1.90. The number of rotatable bonds is 6. The van der Waals surface area contributed by atoms with E-state index in [1.165, 1.54) is 0 Å². The van der Waals surface area contributed by atoms with Crippen molar-refractivity contribution in [2.75, 3.05) is 11.9 Å². The summed E-state index contributed by atoms with van der Waals surface area (Å²) in [7, 11) is 0. The highest BCUT2D eigenvalue weighted by molar-refractivity contribution is 6.30. The lowest BCUT2D eigenvalue weighted by atomic mass is 10.2. The zero-order valence-electron chi connectivity index (χ0n) is 11.9. The number of nitrogens with one attached hydrogen (secondary N) is 2. The van der Waals surface area contributed by atoms with Crippen molar-refractivity contribution in [2.24, 2.45) is 0 Å². The Kier molecular flexibility index (Phi) is 5.58. The van der Waals surface area contributed by atoms with Gasteiger partial charge >= 0.3 is 0 Å². The van der Waals surface area contributed by atoms with Gasteiger partial charge in [0.1, 0.15) is 5.82 Å². The van der Waals surface area contributed by atoms with Crippen LogP contribution in [-0.2, 0) is 6.54 Å². The van der Waals surface area contributed by atoms with Crippen molar-refractivity contribution in [1.29, 1.82) is 0 Å². The molecule has 1 aromatic heterocycles. The topological polar surface area (TPSA) is 54.0 Å². The van der Waals surface area contributed by atoms with Crippen molar-refractivity contribution in [3.8, 4) is 0 Å². The summed E-state index contributed by atoms with van der Waals surface area (Å²) >= 11 is 5.93. The fourth-order valence-corrected chi connectivity index (χ4v) is 2.11. The quantitative estimate of drug-likeness (QED) is 0.859. The van der Waals surface area contributed by atoms with Crippen molar-refractivity contribution >= 4 is 23.3 Å². The molecule has 0 bridgehead atoms. The van der Waals surface area contributed by atoms with Crippen molar-refractivity contribution in [1.82, 2.24) is 10.3 Å². The molecular weight excluding hydrogens is 286 g/mol. The van der Waals surface area contributed by atoms with Crippen molar-refractivity contribution in [3.63, 3.8) is 0 Å². The first-order chi connectivity index (χ1) is 10.2. The molecule has 1 aromatic carbocycles. The molecule has 0 aliphatic rings. The van der Waals surface area contributed by atoms with Crippen LogP contribution in [0.15, 0.2) is 42.6 Å². The summed E-state index contributed by atoms with van der Waals surface area (Å²) < 4.78 is 0. The van der Waals surface area contributed by atoms with Gasteiger partial charge in [0.15, 0.2) is 0 Å². The Balaban J connectivity index is 2.03. The molecule has 0 radical (unpaired) electrons. The van der Waals surface area contributed by atoms with Crippen LogP contribution in [0.25, 0.3) is 0 Å². The second kappa shape index (κ2) is 7.64. The molecule has 1 amide bonds. The van der Waals surface area contributed by atoms with Crippen LogP contribution in [0.1, 0.15) is 29.3 Å². The van der Waals surface area contributed by atoms with Crippen LogP contribution in [0.5, 0.6) is 0 Å². The van der Waals surface area contributed by atoms with E-state index in [1.807, 2.05) is 18.2 Å². The smallest absolute Gasteiger partial charge is 0.255 e. The van der Waals surface area contributed by atoms with E-state index in [0.29, 0.717) is 22.9 Å². The maximum atomic E-state index is 12.3. The molecule has 4 nitrogen and oxygen atoms in total. The lowest BCUT2D eigenvalue weighted by Crippen LogP contribution is -2.24. The van der Waals surface area contributed by atoms with Gasteiger partial charge < -0.3 is 10.6 Å². The van der Waals surface area contributed by atoms with Crippen LogP contribution >= 0.6 is 11.6 Å². The monoisotopic (exact) mass is 303 g/mol. The highest BCUT2D eigenvalue weighted by Gasteiger charge is 2.11. The second-order valence-corrected chi connectivity index (χ2v) is 5.08. The maximum absolute atomic E-state index is 12.3. The molecule has 2 N–H and O–H groups in total. The third-order valence-electron chi connectivity index (χ3n) is 2.94. The molecular formula is C16H18ClN3O. The SMILES string of the molecule is CCCNc1ncccc1C(=O)NCc1cccc(Cl)c1. The molecule has 21 heavy (non-hydrogen) atoms. The number of carbonyl (C=O) groups excluding carboxylic acids is 1. The zero-order valence-corrected chi connectivity index (χ0v) is 12.7. The summed E-state index contributed by atoms with van der Waals surface area (Å²) in [5.41, 5.74) is 1.51. The van der Waals surface area contributed by atoms with Crippen LogP contribution in [0.2, 0.25) is 5.02 Å². The minimum absolute atomic E-state index is 0.151. The summed E-state index contributed by atoms with van der Waals surface area (Å²) in [5, 5.41) is 6.70. The third kappa shape index (κ3) is 4.46. The predicted octanol–water partition coefficient (Wildman–Crippen LogP) is 3.49. The number of nitrogens with zero attached hydrogens (tertiary/aromatic N) is 1. The summed E-state index contributed by atoms with van der Waals surface area (Å²) in [6.45, 7) is 3.28. The van der Waals surface area contributed by atoms with E-state index in [4.69, 9.17) is 11.6 Å². The molecule has 2 rings (SSSR count). The van der Waals surface area contributed by atoms with E-state index in [2.05, 4.69) is 22.5 Å². The van der Waals surface area contributed by atoms with Gasteiger partial charge in [-0.15, -0.1) is 0 Å². The first kappa shape index (κ1) is 15.3. The Labute approximate surface area is 129 Å². The lowest BCUT2D eigenvalue weighted by Gasteiger charge is -2.10. The molecule has 0 saturated carbocycles. The average molecular weight is 304 g/mol. The lowest BCUT2D eigenvalue weighted by molar-refractivity contribution is 0.0951. The maximum Gasteiger partial charge on any atom is 0.255 e. The van der Waals surface area contributed by atoms with Crippen LogP contribution in [-0.4, -0.2) is 17.4 Å². The summed E-state index contributed by atoms with van der Waals surface area (Å²) in [6, 6.07) is 10.9. The van der Waals surface area contributed by atoms with Gasteiger partial charge in [-0.25, -0.2) is 4.98 Å². The molecule has 0 spiro atoms. The molecule has 0 fully saturated rings. The normalized spacial score (nSPS) is 10.2. The molecule has 0 aliphatic carbocycles. The van der Waals surface area contributed by atoms with E-state index in [0.717, 1.165) is 18.5 Å². The number of pyridine rings is 1. The first-order valence-corrected chi connectivity index (χ1v) is 7.30. The number of hydrogen-bond donors (Lipinski definition) is 2. The Bertz CT molecular complexity index is 616. The van der Waals surface area contributed by atoms with E-state index < -0.39 is 0 Å². The number of benzene rings is 1. The fraction of sp³-hybridized carbons (Fsp3) is 0.250. The molecule has 110 valence electrons. The van der Waals surface area contributed by atoms with Gasteiger partial charge in [0, 0.05) is 24.3 Å². The largest absolute Gasteiger partial charge is 0.369 e. The predicted molar refractivity (Wildman–Crippen MR) is 85.6 cm³/mol. The number of anilines is 1. The van der Waals surface area contributed by atoms with Gasteiger partial charge in [0.05, 0.1) is 5.56 Å². The Morgan fingerprint density at radius 2 is 2.14 bits per heavy atom. The summed E-state index contributed by atoms with van der Waals surface area (Å²) in [6.07, 6.45) is 2.64. The van der Waals surface area contributed by atoms with E-state index in [9.17, 15) is 4.79 Å². The number of amides is 1. The highest BCUT2D eigenvalue weighted by atomic mass is 35.5. The molecule has 0 unspecified atom stereocenters. The van der Waals surface area contributed by atoms with Crippen LogP contribution in [0, 0.1) is 0 Å². The number of hydrogen-bond acceptors (Lipinski definition) is 3. The van der Waals surface area contributed by atoms with Gasteiger partial charge in [0.2, 0.25) is 0 Å². The van der Waals surface area contributed by atoms with Gasteiger partial charge in [-0.2, -0.15) is 0 Å². The van der Waals surface area contributed by atoms with E-state index >= 15 is 0 Å². The van der Waals surface area contributed by atoms with Crippen LogP contribution < -0.4 is 10.6 Å². The highest BCUT2D eigenvalue weighted by Crippen LogP contribution is 2.13. The zero-order chi connectivity index (χ0) is 15.1. The molecule has 5 heteroatoms. The average Bonchev–Trinajstić information content (AvgIpc) is 2.51. The third-order valence-corrected chi connectivity index (χ3v) is 3.17. The van der Waals surface area contributed by atoms with Gasteiger partial charge in [-0.05, 0) is 36.2 Å². The van der Waals surface area contributed by atoms with E-state index in [-0.39, 0.29) is 5.91 Å². The second-order valence-electron chi connectivity index (χ2n) is 4.64. The minimum Gasteiger partial charge on any atom is -0.369 e. The van der Waals surface area contributed by atoms with Crippen molar-refractivity contribution in [2.45, 2.75) is 19.9 Å². The van der Waals surface area contributed by atoms with Crippen LogP contribution in [0.3, 0.4) is 0 Å². The Morgan fingerprint density at radius 1 is 1.29 bits per heavy atom. The molecule has 2 aromatic rings. The Morgan fingerprint density at radius 3 is 2.90 bits per heavy atom. The van der Waals surface area contributed by atoms with Gasteiger partial charge in [0.25, 0.3) is 5.91 Å². The Hall–Kier alpha value is -2.07. The number of carbonyl (C=O) groups is 1. The van der Waals surface area contributed by atoms with Crippen LogP contribution in [0.4, 0.5) is 5.82 Å². The molecule has 0 aliphatic heterocycles. The molecule has 1 heterocycles. The first-order valence-electron chi connectivity index (χ1n) is 6.92. The van der Waals surface area contributed by atoms with Gasteiger partial charge in [-0.3, -0.25) is 4.79 Å². The minimum atomic E-state index is -0.151.